The Balaban J connectivity index is 2.64. The minimum Gasteiger partial charge on any atom is -0.365 e. The summed E-state index contributed by atoms with van der Waals surface area (Å²) in [6.07, 6.45) is -1.71. The molecule has 8 heteroatoms. The molecule has 5 nitrogen and oxygen atoms in total. The molecule has 0 bridgehead atoms. The van der Waals surface area contributed by atoms with Crippen molar-refractivity contribution in [1.82, 2.24) is 14.8 Å². The van der Waals surface area contributed by atoms with Gasteiger partial charge in [0, 0.05) is 6.20 Å². The molecule has 0 aliphatic rings. The first-order valence-corrected chi connectivity index (χ1v) is 5.18. The van der Waals surface area contributed by atoms with Crippen LogP contribution in [0.2, 0.25) is 0 Å². The molecule has 0 fully saturated rings. The van der Waals surface area contributed by atoms with Crippen LogP contribution in [0.5, 0.6) is 0 Å². The van der Waals surface area contributed by atoms with Gasteiger partial charge < -0.3 is 5.73 Å². The van der Waals surface area contributed by atoms with Gasteiger partial charge in [-0.25, -0.2) is 9.67 Å². The Labute approximate surface area is 105 Å². The highest BCUT2D eigenvalue weighted by Crippen LogP contribution is 2.29. The smallest absolute Gasteiger partial charge is 0.365 e. The van der Waals surface area contributed by atoms with Crippen LogP contribution in [0, 0.1) is 6.92 Å². The molecular formula is C11H9F3N4O. The van der Waals surface area contributed by atoms with Gasteiger partial charge in [-0.15, -0.1) is 0 Å². The monoisotopic (exact) mass is 270 g/mol. The first-order chi connectivity index (χ1) is 8.79. The molecule has 0 radical (unpaired) electrons. The number of carbonyl (C=O) groups excluding carboxylic acids is 1. The van der Waals surface area contributed by atoms with E-state index in [2.05, 4.69) is 10.1 Å². The van der Waals surface area contributed by atoms with Gasteiger partial charge in [0.2, 0.25) is 0 Å². The predicted molar refractivity (Wildman–Crippen MR) is 59.6 cm³/mol. The van der Waals surface area contributed by atoms with Crippen molar-refractivity contribution < 1.29 is 18.0 Å². The lowest BCUT2D eigenvalue weighted by Gasteiger charge is -2.10. The Morgan fingerprint density at radius 1 is 1.37 bits per heavy atom. The van der Waals surface area contributed by atoms with Crippen LogP contribution < -0.4 is 5.73 Å². The summed E-state index contributed by atoms with van der Waals surface area (Å²) in [5.41, 5.74) is 4.59. The average Bonchev–Trinajstić information content (AvgIpc) is 2.73. The molecule has 0 saturated heterocycles. The Bertz CT molecular complexity index is 633. The van der Waals surface area contributed by atoms with Crippen molar-refractivity contribution in [3.8, 4) is 5.82 Å². The van der Waals surface area contributed by atoms with Crippen LogP contribution in [-0.4, -0.2) is 20.7 Å². The number of halogens is 3. The van der Waals surface area contributed by atoms with E-state index in [0.29, 0.717) is 6.07 Å². The van der Waals surface area contributed by atoms with Crippen LogP contribution in [0.4, 0.5) is 13.2 Å². The SMILES string of the molecule is Cc1cnn(-c2nc(C(F)(F)F)ccc2C(N)=O)c1. The van der Waals surface area contributed by atoms with Crippen molar-refractivity contribution in [2.75, 3.05) is 0 Å². The summed E-state index contributed by atoms with van der Waals surface area (Å²) in [5.74, 6) is -1.11. The third-order valence-electron chi connectivity index (χ3n) is 2.36. The minimum absolute atomic E-state index is 0.129. The molecule has 2 heterocycles. The van der Waals surface area contributed by atoms with Gasteiger partial charge in [0.15, 0.2) is 5.82 Å². The lowest BCUT2D eigenvalue weighted by molar-refractivity contribution is -0.141. The fourth-order valence-corrected chi connectivity index (χ4v) is 1.50. The van der Waals surface area contributed by atoms with E-state index in [-0.39, 0.29) is 11.4 Å². The first kappa shape index (κ1) is 13.1. The van der Waals surface area contributed by atoms with E-state index in [1.165, 1.54) is 12.4 Å². The lowest BCUT2D eigenvalue weighted by Crippen LogP contribution is -2.19. The van der Waals surface area contributed by atoms with Gasteiger partial charge in [-0.2, -0.15) is 18.3 Å². The fraction of sp³-hybridized carbons (Fsp3) is 0.182. The highest BCUT2D eigenvalue weighted by Gasteiger charge is 2.33. The number of aryl methyl sites for hydroxylation is 1. The molecule has 2 aromatic heterocycles. The molecule has 0 atom stereocenters. The predicted octanol–water partition coefficient (Wildman–Crippen LogP) is 1.69. The molecule has 0 spiro atoms. The van der Waals surface area contributed by atoms with Gasteiger partial charge in [-0.1, -0.05) is 0 Å². The fourth-order valence-electron chi connectivity index (χ4n) is 1.50. The number of pyridine rings is 1. The average molecular weight is 270 g/mol. The van der Waals surface area contributed by atoms with E-state index in [0.717, 1.165) is 16.3 Å². The van der Waals surface area contributed by atoms with Crippen LogP contribution in [0.1, 0.15) is 21.6 Å². The van der Waals surface area contributed by atoms with Crippen molar-refractivity contribution in [3.63, 3.8) is 0 Å². The number of amides is 1. The van der Waals surface area contributed by atoms with Gasteiger partial charge in [0.05, 0.1) is 11.8 Å². The highest BCUT2D eigenvalue weighted by atomic mass is 19.4. The van der Waals surface area contributed by atoms with Crippen molar-refractivity contribution in [2.45, 2.75) is 13.1 Å². The number of nitrogens with two attached hydrogens (primary N) is 1. The maximum Gasteiger partial charge on any atom is 0.433 e. The van der Waals surface area contributed by atoms with Crippen molar-refractivity contribution >= 4 is 5.91 Å². The Hall–Kier alpha value is -2.38. The number of carbonyl (C=O) groups is 1. The molecule has 19 heavy (non-hydrogen) atoms. The summed E-state index contributed by atoms with van der Waals surface area (Å²) in [4.78, 5) is 14.6. The Morgan fingerprint density at radius 2 is 2.05 bits per heavy atom. The van der Waals surface area contributed by atoms with Gasteiger partial charge in [-0.05, 0) is 24.6 Å². The Morgan fingerprint density at radius 3 is 2.53 bits per heavy atom. The molecular weight excluding hydrogens is 261 g/mol. The number of hydrogen-bond donors (Lipinski definition) is 1. The zero-order valence-corrected chi connectivity index (χ0v) is 9.77. The number of rotatable bonds is 2. The summed E-state index contributed by atoms with van der Waals surface area (Å²) in [5, 5.41) is 3.83. The third-order valence-corrected chi connectivity index (χ3v) is 2.36. The molecule has 0 aromatic carbocycles. The van der Waals surface area contributed by atoms with Crippen LogP contribution in [0.25, 0.3) is 5.82 Å². The van der Waals surface area contributed by atoms with E-state index in [1.807, 2.05) is 0 Å². The second-order valence-corrected chi connectivity index (χ2v) is 3.89. The van der Waals surface area contributed by atoms with Gasteiger partial charge in [0.25, 0.3) is 5.91 Å². The number of primary amides is 1. The summed E-state index contributed by atoms with van der Waals surface area (Å²) >= 11 is 0. The van der Waals surface area contributed by atoms with Crippen molar-refractivity contribution in [1.29, 1.82) is 0 Å². The van der Waals surface area contributed by atoms with Crippen molar-refractivity contribution in [3.05, 3.63) is 41.3 Å². The van der Waals surface area contributed by atoms with Crippen molar-refractivity contribution in [2.24, 2.45) is 5.73 Å². The van der Waals surface area contributed by atoms with Crippen LogP contribution in [0.3, 0.4) is 0 Å². The molecule has 0 aliphatic carbocycles. The lowest BCUT2D eigenvalue weighted by atomic mass is 10.2. The van der Waals surface area contributed by atoms with E-state index in [4.69, 9.17) is 5.73 Å². The standard InChI is InChI=1S/C11H9F3N4O/c1-6-4-16-18(5-6)10-7(9(15)19)2-3-8(17-10)11(12,13)14/h2-5H,1H3,(H2,15,19). The molecule has 0 saturated carbocycles. The molecule has 2 rings (SSSR count). The second-order valence-electron chi connectivity index (χ2n) is 3.89. The summed E-state index contributed by atoms with van der Waals surface area (Å²) in [7, 11) is 0. The number of nitrogens with zero attached hydrogens (tertiary/aromatic N) is 3. The summed E-state index contributed by atoms with van der Waals surface area (Å²) < 4.78 is 38.9. The summed E-state index contributed by atoms with van der Waals surface area (Å²) in [6, 6.07) is 1.70. The Kier molecular flexibility index (Phi) is 3.01. The quantitative estimate of drug-likeness (QED) is 0.902. The molecule has 0 unspecified atom stereocenters. The maximum atomic E-state index is 12.6. The minimum atomic E-state index is -4.60. The third kappa shape index (κ3) is 2.56. The second kappa shape index (κ2) is 4.38. The largest absolute Gasteiger partial charge is 0.433 e. The van der Waals surface area contributed by atoms with E-state index in [9.17, 15) is 18.0 Å². The molecule has 2 aromatic rings. The number of alkyl halides is 3. The molecule has 2 N–H and O–H groups in total. The normalized spacial score (nSPS) is 11.6. The topological polar surface area (TPSA) is 73.8 Å². The summed E-state index contributed by atoms with van der Waals surface area (Å²) in [6.45, 7) is 1.71. The zero-order chi connectivity index (χ0) is 14.2. The first-order valence-electron chi connectivity index (χ1n) is 5.18. The van der Waals surface area contributed by atoms with Gasteiger partial charge in [-0.3, -0.25) is 4.79 Å². The number of aromatic nitrogens is 3. The number of hydrogen-bond acceptors (Lipinski definition) is 3. The highest BCUT2D eigenvalue weighted by molar-refractivity contribution is 5.95. The van der Waals surface area contributed by atoms with Gasteiger partial charge >= 0.3 is 6.18 Å². The van der Waals surface area contributed by atoms with E-state index < -0.39 is 17.8 Å². The van der Waals surface area contributed by atoms with Crippen LogP contribution >= 0.6 is 0 Å². The van der Waals surface area contributed by atoms with E-state index >= 15 is 0 Å². The van der Waals surface area contributed by atoms with Gasteiger partial charge in [0.1, 0.15) is 5.69 Å². The van der Waals surface area contributed by atoms with E-state index in [1.54, 1.807) is 6.92 Å². The van der Waals surface area contributed by atoms with Crippen LogP contribution in [0.15, 0.2) is 24.5 Å². The maximum absolute atomic E-state index is 12.6. The van der Waals surface area contributed by atoms with Crippen LogP contribution in [-0.2, 0) is 6.18 Å². The zero-order valence-electron chi connectivity index (χ0n) is 9.77. The molecule has 1 amide bonds. The molecule has 100 valence electrons. The molecule has 0 aliphatic heterocycles.